The van der Waals surface area contributed by atoms with E-state index in [1.807, 2.05) is 99.8 Å². The number of para-hydroxylation sites is 2. The number of hydrogen-bond donors (Lipinski definition) is 2. The summed E-state index contributed by atoms with van der Waals surface area (Å²) < 4.78 is 17.9. The highest BCUT2D eigenvalue weighted by molar-refractivity contribution is 6.02. The molecule has 0 spiro atoms. The number of likely N-dealkylation sites (N-methyl/N-ethyl adjacent to an activating group) is 1. The fourth-order valence-electron chi connectivity index (χ4n) is 5.69. The molecule has 9 heteroatoms. The zero-order valence-electron chi connectivity index (χ0n) is 27.4. The highest BCUT2D eigenvalue weighted by Gasteiger charge is 2.34. The summed E-state index contributed by atoms with van der Waals surface area (Å²) in [7, 11) is 3.62. The topological polar surface area (TPSA) is 101 Å². The van der Waals surface area contributed by atoms with Crippen LogP contribution in [0, 0.1) is 5.92 Å². The van der Waals surface area contributed by atoms with Gasteiger partial charge >= 0.3 is 0 Å². The van der Waals surface area contributed by atoms with Gasteiger partial charge in [-0.3, -0.25) is 14.5 Å². The molecule has 2 N–H and O–H groups in total. The van der Waals surface area contributed by atoms with Crippen LogP contribution in [-0.2, 0) is 17.8 Å². The molecule has 1 aliphatic heterocycles. The van der Waals surface area contributed by atoms with Crippen molar-refractivity contribution in [3.05, 3.63) is 114 Å². The third-order valence-corrected chi connectivity index (χ3v) is 8.31. The highest BCUT2D eigenvalue weighted by atomic mass is 16.5. The molecule has 4 aromatic carbocycles. The van der Waals surface area contributed by atoms with E-state index in [2.05, 4.69) is 10.2 Å². The van der Waals surface area contributed by atoms with E-state index in [4.69, 9.17) is 14.2 Å². The normalized spacial score (nSPS) is 16.8. The number of nitrogens with zero attached hydrogens (tertiary/aromatic N) is 2. The lowest BCUT2D eigenvalue weighted by molar-refractivity contribution is -0.115. The van der Waals surface area contributed by atoms with Crippen LogP contribution in [0.1, 0.15) is 35.3 Å². The number of amides is 2. The number of aliphatic hydroxyl groups is 1. The maximum atomic E-state index is 13.8. The molecule has 0 bridgehead atoms. The van der Waals surface area contributed by atoms with E-state index >= 15 is 0 Å². The number of hydrogen-bond acceptors (Lipinski definition) is 7. The number of ether oxygens (including phenoxy) is 3. The van der Waals surface area contributed by atoms with Gasteiger partial charge in [0.05, 0.1) is 37.4 Å². The first-order valence-electron chi connectivity index (χ1n) is 15.9. The smallest absolute Gasteiger partial charge is 0.258 e. The van der Waals surface area contributed by atoms with Crippen LogP contribution in [0.15, 0.2) is 97.1 Å². The molecule has 1 heterocycles. The van der Waals surface area contributed by atoms with Crippen molar-refractivity contribution >= 4 is 17.5 Å². The minimum Gasteiger partial charge on any atom is -0.497 e. The predicted molar refractivity (Wildman–Crippen MR) is 182 cm³/mol. The molecule has 47 heavy (non-hydrogen) atoms. The Morgan fingerprint density at radius 2 is 1.68 bits per heavy atom. The molecule has 4 aromatic rings. The van der Waals surface area contributed by atoms with Crippen molar-refractivity contribution in [2.24, 2.45) is 5.92 Å². The number of anilines is 1. The molecule has 0 saturated carbocycles. The Labute approximate surface area is 276 Å². The molecule has 3 atom stereocenters. The second kappa shape index (κ2) is 15.6. The van der Waals surface area contributed by atoms with Gasteiger partial charge in [-0.25, -0.2) is 0 Å². The Balaban J connectivity index is 1.35. The van der Waals surface area contributed by atoms with Gasteiger partial charge < -0.3 is 29.5 Å². The number of methoxy groups -OCH3 is 1. The second-order valence-corrected chi connectivity index (χ2v) is 12.1. The predicted octanol–water partition coefficient (Wildman–Crippen LogP) is 6.02. The van der Waals surface area contributed by atoms with E-state index < -0.39 is 6.04 Å². The average molecular weight is 638 g/mol. The standard InChI is InChI=1S/C38H43N3O6/c1-26-22-41(27(2)25-42)38(44)33-14-9-15-34(39-36(43)21-29-10-8-13-32(20-29)45-4)37(33)47-35(26)24-40(3)23-28-16-18-31(19-17-28)46-30-11-6-5-7-12-30/h5-20,26-27,35,42H,21-25H2,1-4H3,(H,39,43)/t26-,27+,35-/m1/s1. The van der Waals surface area contributed by atoms with Crippen LogP contribution in [0.25, 0.3) is 0 Å². The third-order valence-electron chi connectivity index (χ3n) is 8.31. The number of nitrogens with one attached hydrogen (secondary N) is 1. The Hall–Kier alpha value is -4.86. The first-order chi connectivity index (χ1) is 22.7. The molecule has 0 fully saturated rings. The Bertz CT molecular complexity index is 1650. The number of aliphatic hydroxyl groups excluding tert-OH is 1. The van der Waals surface area contributed by atoms with Gasteiger partial charge in [0, 0.05) is 25.6 Å². The molecule has 5 rings (SSSR count). The molecule has 0 radical (unpaired) electrons. The van der Waals surface area contributed by atoms with Crippen molar-refractivity contribution in [1.29, 1.82) is 0 Å². The maximum absolute atomic E-state index is 13.8. The maximum Gasteiger partial charge on any atom is 0.258 e. The van der Waals surface area contributed by atoms with E-state index in [0.717, 1.165) is 22.6 Å². The lowest BCUT2D eigenvalue weighted by Crippen LogP contribution is -2.49. The van der Waals surface area contributed by atoms with Gasteiger partial charge in [0.2, 0.25) is 5.91 Å². The van der Waals surface area contributed by atoms with Crippen LogP contribution >= 0.6 is 0 Å². The van der Waals surface area contributed by atoms with Crippen molar-refractivity contribution in [3.8, 4) is 23.0 Å². The number of fused-ring (bicyclic) bond motifs is 1. The largest absolute Gasteiger partial charge is 0.497 e. The average Bonchev–Trinajstić information content (AvgIpc) is 3.07. The van der Waals surface area contributed by atoms with Crippen LogP contribution in [0.4, 0.5) is 5.69 Å². The van der Waals surface area contributed by atoms with Crippen molar-refractivity contribution in [2.45, 2.75) is 39.0 Å². The summed E-state index contributed by atoms with van der Waals surface area (Å²) in [5.74, 6) is 1.98. The molecule has 1 aliphatic rings. The van der Waals surface area contributed by atoms with Gasteiger partial charge in [-0.15, -0.1) is 0 Å². The summed E-state index contributed by atoms with van der Waals surface area (Å²) >= 11 is 0. The third kappa shape index (κ3) is 8.69. The van der Waals surface area contributed by atoms with E-state index in [9.17, 15) is 14.7 Å². The van der Waals surface area contributed by atoms with Crippen molar-refractivity contribution in [2.75, 3.05) is 39.2 Å². The van der Waals surface area contributed by atoms with E-state index in [1.54, 1.807) is 30.2 Å². The van der Waals surface area contributed by atoms with E-state index in [-0.39, 0.29) is 36.9 Å². The van der Waals surface area contributed by atoms with Crippen LogP contribution in [-0.4, -0.2) is 72.7 Å². The molecular weight excluding hydrogens is 594 g/mol. The fraction of sp³-hybridized carbons (Fsp3) is 0.316. The number of carbonyl (C=O) groups is 2. The van der Waals surface area contributed by atoms with Gasteiger partial charge in [0.15, 0.2) is 5.75 Å². The molecule has 9 nitrogen and oxygen atoms in total. The first kappa shape index (κ1) is 33.5. The van der Waals surface area contributed by atoms with Crippen LogP contribution in [0.3, 0.4) is 0 Å². The Morgan fingerprint density at radius 3 is 2.40 bits per heavy atom. The second-order valence-electron chi connectivity index (χ2n) is 12.1. The summed E-state index contributed by atoms with van der Waals surface area (Å²) in [5, 5.41) is 13.0. The molecule has 0 saturated heterocycles. The summed E-state index contributed by atoms with van der Waals surface area (Å²) in [4.78, 5) is 30.9. The molecule has 2 amide bonds. The summed E-state index contributed by atoms with van der Waals surface area (Å²) in [6.45, 7) is 5.35. The lowest BCUT2D eigenvalue weighted by Gasteiger charge is -2.38. The monoisotopic (exact) mass is 637 g/mol. The molecule has 0 unspecified atom stereocenters. The molecule has 246 valence electrons. The first-order valence-corrected chi connectivity index (χ1v) is 15.9. The minimum absolute atomic E-state index is 0.0780. The van der Waals surface area contributed by atoms with Gasteiger partial charge in [-0.05, 0) is 73.6 Å². The quantitative estimate of drug-likeness (QED) is 0.196. The zero-order chi connectivity index (χ0) is 33.3. The number of carbonyl (C=O) groups excluding carboxylic acids is 2. The SMILES string of the molecule is COc1cccc(CC(=O)Nc2cccc3c2O[C@H](CN(C)Cc2ccc(Oc4ccccc4)cc2)[C@H](C)CN([C@@H](C)CO)C3=O)c1. The van der Waals surface area contributed by atoms with Crippen molar-refractivity contribution in [3.63, 3.8) is 0 Å². The Kier molecular flexibility index (Phi) is 11.1. The zero-order valence-corrected chi connectivity index (χ0v) is 27.4. The fourth-order valence-corrected chi connectivity index (χ4v) is 5.69. The Morgan fingerprint density at radius 1 is 0.979 bits per heavy atom. The van der Waals surface area contributed by atoms with Crippen LogP contribution in [0.5, 0.6) is 23.0 Å². The van der Waals surface area contributed by atoms with Gasteiger partial charge in [0.25, 0.3) is 5.91 Å². The van der Waals surface area contributed by atoms with Gasteiger partial charge in [-0.1, -0.05) is 55.5 Å². The molecular formula is C38H43N3O6. The number of rotatable bonds is 12. The summed E-state index contributed by atoms with van der Waals surface area (Å²) in [6.07, 6.45) is -0.197. The van der Waals surface area contributed by atoms with Crippen molar-refractivity contribution < 1.29 is 28.9 Å². The summed E-state index contributed by atoms with van der Waals surface area (Å²) in [6, 6.07) is 29.8. The van der Waals surface area contributed by atoms with Gasteiger partial charge in [0.1, 0.15) is 23.4 Å². The van der Waals surface area contributed by atoms with Crippen LogP contribution in [0.2, 0.25) is 0 Å². The summed E-state index contributed by atoms with van der Waals surface area (Å²) in [5.41, 5.74) is 2.69. The molecule has 0 aliphatic carbocycles. The number of benzene rings is 4. The minimum atomic E-state index is -0.391. The van der Waals surface area contributed by atoms with Crippen LogP contribution < -0.4 is 19.5 Å². The highest BCUT2D eigenvalue weighted by Crippen LogP contribution is 2.35. The van der Waals surface area contributed by atoms with E-state index in [1.165, 1.54) is 0 Å². The van der Waals surface area contributed by atoms with E-state index in [0.29, 0.717) is 42.4 Å². The molecule has 0 aromatic heterocycles. The lowest BCUT2D eigenvalue weighted by atomic mass is 9.98. The van der Waals surface area contributed by atoms with Crippen molar-refractivity contribution in [1.82, 2.24) is 9.80 Å². The van der Waals surface area contributed by atoms with Gasteiger partial charge in [-0.2, -0.15) is 0 Å².